The number of carbonyl (C=O) groups is 1. The third kappa shape index (κ3) is 4.53. The fourth-order valence-electron chi connectivity index (χ4n) is 4.18. The molecule has 0 radical (unpaired) electrons. The van der Waals surface area contributed by atoms with E-state index in [1.807, 2.05) is 17.2 Å². The topological polar surface area (TPSA) is 45.7 Å². The number of rotatable bonds is 4. The Bertz CT molecular complexity index is 770. The SMILES string of the molecule is Cc1ccc(N2CCC(C(=O)N3CCOC(Cc4ccccc4)C3)CC2)nc1. The van der Waals surface area contributed by atoms with E-state index in [4.69, 9.17) is 4.74 Å². The summed E-state index contributed by atoms with van der Waals surface area (Å²) >= 11 is 0. The molecule has 0 saturated carbocycles. The van der Waals surface area contributed by atoms with Gasteiger partial charge in [-0.2, -0.15) is 0 Å². The summed E-state index contributed by atoms with van der Waals surface area (Å²) in [5, 5.41) is 0. The van der Waals surface area contributed by atoms with Crippen molar-refractivity contribution in [3.8, 4) is 0 Å². The Labute approximate surface area is 167 Å². The molecule has 0 aliphatic carbocycles. The summed E-state index contributed by atoms with van der Waals surface area (Å²) in [7, 11) is 0. The molecule has 0 spiro atoms. The number of aryl methyl sites for hydroxylation is 1. The first-order valence-electron chi connectivity index (χ1n) is 10.3. The summed E-state index contributed by atoms with van der Waals surface area (Å²) in [5.74, 6) is 1.45. The summed E-state index contributed by atoms with van der Waals surface area (Å²) in [5.41, 5.74) is 2.44. The molecule has 2 aromatic rings. The second-order valence-electron chi connectivity index (χ2n) is 7.92. The van der Waals surface area contributed by atoms with Crippen LogP contribution in [0.25, 0.3) is 0 Å². The van der Waals surface area contributed by atoms with Gasteiger partial charge in [0.1, 0.15) is 5.82 Å². The molecular formula is C23H29N3O2. The number of pyridine rings is 1. The van der Waals surface area contributed by atoms with Gasteiger partial charge in [0.05, 0.1) is 12.7 Å². The van der Waals surface area contributed by atoms with E-state index in [-0.39, 0.29) is 12.0 Å². The van der Waals surface area contributed by atoms with E-state index < -0.39 is 0 Å². The number of benzene rings is 1. The van der Waals surface area contributed by atoms with Crippen LogP contribution < -0.4 is 4.90 Å². The lowest BCUT2D eigenvalue weighted by Gasteiger charge is -2.38. The molecule has 0 bridgehead atoms. The van der Waals surface area contributed by atoms with Crippen molar-refractivity contribution in [2.24, 2.45) is 5.92 Å². The third-order valence-corrected chi connectivity index (χ3v) is 5.82. The number of ether oxygens (including phenoxy) is 1. The predicted molar refractivity (Wildman–Crippen MR) is 110 cm³/mol. The smallest absolute Gasteiger partial charge is 0.225 e. The van der Waals surface area contributed by atoms with E-state index in [0.29, 0.717) is 25.6 Å². The number of hydrogen-bond acceptors (Lipinski definition) is 4. The maximum absolute atomic E-state index is 13.1. The highest BCUT2D eigenvalue weighted by Crippen LogP contribution is 2.24. The fraction of sp³-hybridized carbons (Fsp3) is 0.478. The van der Waals surface area contributed by atoms with E-state index in [9.17, 15) is 4.79 Å². The zero-order valence-corrected chi connectivity index (χ0v) is 16.6. The average molecular weight is 380 g/mol. The molecule has 2 aliphatic heterocycles. The van der Waals surface area contributed by atoms with Crippen LogP contribution in [0, 0.1) is 12.8 Å². The van der Waals surface area contributed by atoms with Gasteiger partial charge >= 0.3 is 0 Å². The van der Waals surface area contributed by atoms with Crippen LogP contribution in [-0.4, -0.2) is 54.7 Å². The van der Waals surface area contributed by atoms with E-state index in [1.54, 1.807) is 0 Å². The van der Waals surface area contributed by atoms with Crippen molar-refractivity contribution in [3.63, 3.8) is 0 Å². The second-order valence-corrected chi connectivity index (χ2v) is 7.92. The minimum atomic E-state index is 0.0944. The van der Waals surface area contributed by atoms with E-state index >= 15 is 0 Å². The van der Waals surface area contributed by atoms with Gasteiger partial charge in [0.25, 0.3) is 0 Å². The lowest BCUT2D eigenvalue weighted by Crippen LogP contribution is -2.50. The highest BCUT2D eigenvalue weighted by molar-refractivity contribution is 5.79. The standard InChI is InChI=1S/C23H29N3O2/c1-18-7-8-22(24-16-18)25-11-9-20(10-12-25)23(27)26-13-14-28-21(17-26)15-19-5-3-2-4-6-19/h2-8,16,20-21H,9-15,17H2,1H3. The highest BCUT2D eigenvalue weighted by Gasteiger charge is 2.32. The summed E-state index contributed by atoms with van der Waals surface area (Å²) < 4.78 is 5.92. The summed E-state index contributed by atoms with van der Waals surface area (Å²) in [4.78, 5) is 21.9. The molecule has 28 heavy (non-hydrogen) atoms. The fourth-order valence-corrected chi connectivity index (χ4v) is 4.18. The number of nitrogens with zero attached hydrogens (tertiary/aromatic N) is 3. The van der Waals surface area contributed by atoms with E-state index in [1.165, 1.54) is 11.1 Å². The highest BCUT2D eigenvalue weighted by atomic mass is 16.5. The lowest BCUT2D eigenvalue weighted by atomic mass is 9.94. The first kappa shape index (κ1) is 18.9. The second kappa shape index (κ2) is 8.74. The molecule has 2 fully saturated rings. The molecule has 1 atom stereocenters. The number of carbonyl (C=O) groups excluding carboxylic acids is 1. The monoisotopic (exact) mass is 379 g/mol. The van der Waals surface area contributed by atoms with Gasteiger partial charge in [-0.3, -0.25) is 4.79 Å². The first-order valence-corrected chi connectivity index (χ1v) is 10.3. The van der Waals surface area contributed by atoms with Crippen molar-refractivity contribution < 1.29 is 9.53 Å². The van der Waals surface area contributed by atoms with Crippen molar-refractivity contribution in [2.45, 2.75) is 32.3 Å². The molecule has 0 N–H and O–H groups in total. The van der Waals surface area contributed by atoms with Crippen molar-refractivity contribution in [3.05, 3.63) is 59.8 Å². The largest absolute Gasteiger partial charge is 0.374 e. The maximum atomic E-state index is 13.1. The predicted octanol–water partition coefficient (Wildman–Crippen LogP) is 3.08. The molecule has 2 aliphatic rings. The molecule has 2 saturated heterocycles. The van der Waals surface area contributed by atoms with Gasteiger partial charge in [-0.05, 0) is 37.0 Å². The number of anilines is 1. The van der Waals surface area contributed by atoms with E-state index in [2.05, 4.69) is 53.2 Å². The molecule has 1 amide bonds. The molecule has 148 valence electrons. The third-order valence-electron chi connectivity index (χ3n) is 5.82. The lowest BCUT2D eigenvalue weighted by molar-refractivity contribution is -0.143. The average Bonchev–Trinajstić information content (AvgIpc) is 2.75. The Morgan fingerprint density at radius 2 is 1.89 bits per heavy atom. The summed E-state index contributed by atoms with van der Waals surface area (Å²) in [6.45, 7) is 5.89. The van der Waals surface area contributed by atoms with E-state index in [0.717, 1.165) is 38.2 Å². The van der Waals surface area contributed by atoms with Crippen LogP contribution in [0.15, 0.2) is 48.7 Å². The van der Waals surface area contributed by atoms with Crippen molar-refractivity contribution in [1.29, 1.82) is 0 Å². The van der Waals surface area contributed by atoms with Gasteiger partial charge in [-0.1, -0.05) is 36.4 Å². The number of piperidine rings is 1. The Kier molecular flexibility index (Phi) is 5.91. The zero-order valence-electron chi connectivity index (χ0n) is 16.6. The molecule has 1 unspecified atom stereocenters. The first-order chi connectivity index (χ1) is 13.7. The van der Waals surface area contributed by atoms with Gasteiger partial charge in [-0.25, -0.2) is 4.98 Å². The maximum Gasteiger partial charge on any atom is 0.225 e. The van der Waals surface area contributed by atoms with Crippen LogP contribution in [0.5, 0.6) is 0 Å². The van der Waals surface area contributed by atoms with Gasteiger partial charge < -0.3 is 14.5 Å². The normalized spacial score (nSPS) is 21.0. The van der Waals surface area contributed by atoms with Crippen LogP contribution in [0.1, 0.15) is 24.0 Å². The Morgan fingerprint density at radius 1 is 1.11 bits per heavy atom. The zero-order chi connectivity index (χ0) is 19.3. The van der Waals surface area contributed by atoms with Crippen molar-refractivity contribution in [1.82, 2.24) is 9.88 Å². The molecule has 3 heterocycles. The molecular weight excluding hydrogens is 350 g/mol. The van der Waals surface area contributed by atoms with Gasteiger partial charge in [-0.15, -0.1) is 0 Å². The molecule has 1 aromatic heterocycles. The Hall–Kier alpha value is -2.40. The number of aromatic nitrogens is 1. The number of morpholine rings is 1. The Balaban J connectivity index is 1.30. The number of amides is 1. The van der Waals surface area contributed by atoms with Crippen LogP contribution in [0.4, 0.5) is 5.82 Å². The Morgan fingerprint density at radius 3 is 2.61 bits per heavy atom. The summed E-state index contributed by atoms with van der Waals surface area (Å²) in [6.07, 6.45) is 4.66. The summed E-state index contributed by atoms with van der Waals surface area (Å²) in [6, 6.07) is 14.6. The van der Waals surface area contributed by atoms with Crippen LogP contribution in [-0.2, 0) is 16.0 Å². The minimum Gasteiger partial charge on any atom is -0.374 e. The van der Waals surface area contributed by atoms with Crippen LogP contribution in [0.3, 0.4) is 0 Å². The van der Waals surface area contributed by atoms with Gasteiger partial charge in [0.2, 0.25) is 5.91 Å². The molecule has 4 rings (SSSR count). The van der Waals surface area contributed by atoms with Crippen LogP contribution >= 0.6 is 0 Å². The molecule has 5 nitrogen and oxygen atoms in total. The number of hydrogen-bond donors (Lipinski definition) is 0. The minimum absolute atomic E-state index is 0.0944. The molecule has 5 heteroatoms. The van der Waals surface area contributed by atoms with Crippen molar-refractivity contribution >= 4 is 11.7 Å². The van der Waals surface area contributed by atoms with Crippen molar-refractivity contribution in [2.75, 3.05) is 37.7 Å². The van der Waals surface area contributed by atoms with Gasteiger partial charge in [0.15, 0.2) is 0 Å². The van der Waals surface area contributed by atoms with Gasteiger partial charge in [0, 0.05) is 44.7 Å². The quantitative estimate of drug-likeness (QED) is 0.819. The molecule has 1 aromatic carbocycles. The van der Waals surface area contributed by atoms with Crippen LogP contribution in [0.2, 0.25) is 0 Å².